The first kappa shape index (κ1) is 12.0. The number of aromatic nitrogens is 1. The van der Waals surface area contributed by atoms with Crippen LogP contribution in [0.2, 0.25) is 0 Å². The van der Waals surface area contributed by atoms with Crippen molar-refractivity contribution >= 4 is 33.2 Å². The first-order valence-electron chi connectivity index (χ1n) is 5.45. The third-order valence-electron chi connectivity index (χ3n) is 3.15. The van der Waals surface area contributed by atoms with Gasteiger partial charge in [-0.15, -0.1) is 11.3 Å². The Balaban J connectivity index is 2.29. The quantitative estimate of drug-likeness (QED) is 0.908. The predicted molar refractivity (Wildman–Crippen MR) is 66.9 cm³/mol. The van der Waals surface area contributed by atoms with Crippen molar-refractivity contribution in [2.45, 2.75) is 38.5 Å². The summed E-state index contributed by atoms with van der Waals surface area (Å²) in [6.45, 7) is 1.96. The van der Waals surface area contributed by atoms with Gasteiger partial charge in [0, 0.05) is 5.92 Å². The molecular formula is C11H14BrNO2S. The molecule has 16 heavy (non-hydrogen) atoms. The number of thiazole rings is 1. The van der Waals surface area contributed by atoms with Crippen molar-refractivity contribution in [3.63, 3.8) is 0 Å². The molecule has 2 atom stereocenters. The van der Waals surface area contributed by atoms with Crippen LogP contribution >= 0.6 is 27.3 Å². The maximum absolute atomic E-state index is 11.2. The van der Waals surface area contributed by atoms with E-state index in [1.54, 1.807) is 11.3 Å². The van der Waals surface area contributed by atoms with Gasteiger partial charge in [0.15, 0.2) is 0 Å². The largest absolute Gasteiger partial charge is 0.481 e. The lowest BCUT2D eigenvalue weighted by molar-refractivity contribution is -0.143. The van der Waals surface area contributed by atoms with E-state index in [9.17, 15) is 9.90 Å². The molecule has 0 amide bonds. The van der Waals surface area contributed by atoms with Crippen LogP contribution in [0.5, 0.6) is 0 Å². The number of carboxylic acids is 1. The SMILES string of the molecule is Cc1nc([C@@H]2CCCC[C@@H]2C(=O)O)c(Br)s1. The Kier molecular flexibility index (Phi) is 3.64. The Labute approximate surface area is 107 Å². The van der Waals surface area contributed by atoms with E-state index in [1.807, 2.05) is 6.92 Å². The van der Waals surface area contributed by atoms with E-state index >= 15 is 0 Å². The Hall–Kier alpha value is -0.420. The molecule has 2 rings (SSSR count). The third kappa shape index (κ3) is 2.30. The van der Waals surface area contributed by atoms with Crippen LogP contribution in [0.4, 0.5) is 0 Å². The summed E-state index contributed by atoms with van der Waals surface area (Å²) in [4.78, 5) is 15.7. The van der Waals surface area contributed by atoms with Crippen LogP contribution in [0.25, 0.3) is 0 Å². The van der Waals surface area contributed by atoms with Gasteiger partial charge >= 0.3 is 5.97 Å². The highest BCUT2D eigenvalue weighted by atomic mass is 79.9. The molecule has 0 radical (unpaired) electrons. The molecule has 5 heteroatoms. The van der Waals surface area contributed by atoms with Crippen molar-refractivity contribution in [3.8, 4) is 0 Å². The highest BCUT2D eigenvalue weighted by Crippen LogP contribution is 2.41. The molecule has 1 aromatic rings. The molecule has 1 saturated carbocycles. The molecular weight excluding hydrogens is 290 g/mol. The highest BCUT2D eigenvalue weighted by Gasteiger charge is 2.34. The van der Waals surface area contributed by atoms with Gasteiger partial charge in [-0.3, -0.25) is 4.79 Å². The lowest BCUT2D eigenvalue weighted by Crippen LogP contribution is -2.25. The average Bonchev–Trinajstić information content (AvgIpc) is 2.57. The van der Waals surface area contributed by atoms with Crippen LogP contribution in [0, 0.1) is 12.8 Å². The summed E-state index contributed by atoms with van der Waals surface area (Å²) >= 11 is 5.08. The zero-order valence-corrected chi connectivity index (χ0v) is 11.5. The zero-order chi connectivity index (χ0) is 11.7. The summed E-state index contributed by atoms with van der Waals surface area (Å²) in [6.07, 6.45) is 3.85. The van der Waals surface area contributed by atoms with Gasteiger partial charge in [0.2, 0.25) is 0 Å². The van der Waals surface area contributed by atoms with Gasteiger partial charge in [-0.2, -0.15) is 0 Å². The molecule has 0 bridgehead atoms. The van der Waals surface area contributed by atoms with Crippen molar-refractivity contribution in [2.75, 3.05) is 0 Å². The highest BCUT2D eigenvalue weighted by molar-refractivity contribution is 9.11. The second-order valence-electron chi connectivity index (χ2n) is 4.23. The summed E-state index contributed by atoms with van der Waals surface area (Å²) in [6, 6.07) is 0. The molecule has 1 heterocycles. The van der Waals surface area contributed by atoms with E-state index in [-0.39, 0.29) is 11.8 Å². The fourth-order valence-electron chi connectivity index (χ4n) is 2.40. The molecule has 1 N–H and O–H groups in total. The maximum atomic E-state index is 11.2. The second-order valence-corrected chi connectivity index (χ2v) is 6.75. The maximum Gasteiger partial charge on any atom is 0.307 e. The number of hydrogen-bond acceptors (Lipinski definition) is 3. The molecule has 0 aliphatic heterocycles. The monoisotopic (exact) mass is 303 g/mol. The minimum absolute atomic E-state index is 0.0885. The van der Waals surface area contributed by atoms with Gasteiger partial charge in [0.05, 0.1) is 20.4 Å². The number of aryl methyl sites for hydroxylation is 1. The zero-order valence-electron chi connectivity index (χ0n) is 9.07. The molecule has 3 nitrogen and oxygen atoms in total. The summed E-state index contributed by atoms with van der Waals surface area (Å²) in [5.41, 5.74) is 0.953. The Morgan fingerprint density at radius 3 is 2.75 bits per heavy atom. The first-order chi connectivity index (χ1) is 7.59. The lowest BCUT2D eigenvalue weighted by atomic mass is 9.78. The molecule has 0 unspecified atom stereocenters. The number of carbonyl (C=O) groups is 1. The van der Waals surface area contributed by atoms with Gasteiger partial charge in [-0.05, 0) is 35.7 Å². The minimum atomic E-state index is -0.678. The van der Waals surface area contributed by atoms with Gasteiger partial charge in [-0.25, -0.2) is 4.98 Å². The lowest BCUT2D eigenvalue weighted by Gasteiger charge is -2.27. The van der Waals surface area contributed by atoms with Crippen molar-refractivity contribution in [3.05, 3.63) is 14.5 Å². The summed E-state index contributed by atoms with van der Waals surface area (Å²) < 4.78 is 1.00. The van der Waals surface area contributed by atoms with E-state index in [0.717, 1.165) is 40.2 Å². The van der Waals surface area contributed by atoms with E-state index in [4.69, 9.17) is 0 Å². The number of halogens is 1. The number of carboxylic acid groups (broad SMARTS) is 1. The molecule has 0 saturated heterocycles. The number of nitrogens with zero attached hydrogens (tertiary/aromatic N) is 1. The number of aliphatic carboxylic acids is 1. The minimum Gasteiger partial charge on any atom is -0.481 e. The molecule has 88 valence electrons. The molecule has 1 aromatic heterocycles. The number of hydrogen-bond donors (Lipinski definition) is 1. The average molecular weight is 304 g/mol. The number of rotatable bonds is 2. The van der Waals surface area contributed by atoms with Gasteiger partial charge in [-0.1, -0.05) is 12.8 Å². The summed E-state index contributed by atoms with van der Waals surface area (Å²) in [5.74, 6) is -0.848. The van der Waals surface area contributed by atoms with Crippen LogP contribution < -0.4 is 0 Å². The third-order valence-corrected chi connectivity index (χ3v) is 4.82. The second kappa shape index (κ2) is 4.84. The fourth-order valence-corrected chi connectivity index (χ4v) is 4.19. The molecule has 0 spiro atoms. The van der Waals surface area contributed by atoms with Gasteiger partial charge < -0.3 is 5.11 Å². The van der Waals surface area contributed by atoms with Crippen LogP contribution in [0.1, 0.15) is 42.3 Å². The van der Waals surface area contributed by atoms with E-state index in [2.05, 4.69) is 20.9 Å². The topological polar surface area (TPSA) is 50.2 Å². The molecule has 1 aliphatic rings. The van der Waals surface area contributed by atoms with Crippen molar-refractivity contribution in [1.82, 2.24) is 4.98 Å². The standard InChI is InChI=1S/C11H14BrNO2S/c1-6-13-9(10(12)16-6)7-4-2-3-5-8(7)11(14)15/h7-8H,2-5H2,1H3,(H,14,15)/t7-,8+/m1/s1. The Morgan fingerprint density at radius 2 is 2.19 bits per heavy atom. The molecule has 1 aliphatic carbocycles. The summed E-state index contributed by atoms with van der Waals surface area (Å²) in [7, 11) is 0. The summed E-state index contributed by atoms with van der Waals surface area (Å²) in [5, 5.41) is 10.2. The van der Waals surface area contributed by atoms with Gasteiger partial charge in [0.25, 0.3) is 0 Å². The van der Waals surface area contributed by atoms with E-state index in [0.29, 0.717) is 0 Å². The van der Waals surface area contributed by atoms with E-state index in [1.165, 1.54) is 0 Å². The van der Waals surface area contributed by atoms with Crippen molar-refractivity contribution in [2.24, 2.45) is 5.92 Å². The van der Waals surface area contributed by atoms with Crippen LogP contribution in [0.3, 0.4) is 0 Å². The molecule has 1 fully saturated rings. The Morgan fingerprint density at radius 1 is 1.50 bits per heavy atom. The van der Waals surface area contributed by atoms with Gasteiger partial charge in [0.1, 0.15) is 0 Å². The Bertz CT molecular complexity index is 405. The van der Waals surface area contributed by atoms with E-state index < -0.39 is 5.97 Å². The van der Waals surface area contributed by atoms with Crippen molar-refractivity contribution in [1.29, 1.82) is 0 Å². The predicted octanol–water partition coefficient (Wildman–Crippen LogP) is 3.57. The normalized spacial score (nSPS) is 25.6. The van der Waals surface area contributed by atoms with Crippen LogP contribution in [-0.2, 0) is 4.79 Å². The smallest absolute Gasteiger partial charge is 0.307 e. The van der Waals surface area contributed by atoms with Crippen LogP contribution in [-0.4, -0.2) is 16.1 Å². The van der Waals surface area contributed by atoms with Crippen molar-refractivity contribution < 1.29 is 9.90 Å². The molecule has 0 aromatic carbocycles. The first-order valence-corrected chi connectivity index (χ1v) is 7.06. The van der Waals surface area contributed by atoms with Crippen LogP contribution in [0.15, 0.2) is 3.79 Å². The fraction of sp³-hybridized carbons (Fsp3) is 0.636.